The lowest BCUT2D eigenvalue weighted by Gasteiger charge is -2.28. The summed E-state index contributed by atoms with van der Waals surface area (Å²) in [6.45, 7) is 0.374. The van der Waals surface area contributed by atoms with Gasteiger partial charge in [0, 0.05) is 12.5 Å². The molecule has 6 nitrogen and oxygen atoms in total. The molecular formula is C16H19NO5. The van der Waals surface area contributed by atoms with E-state index in [0.29, 0.717) is 25.1 Å². The quantitative estimate of drug-likeness (QED) is 0.734. The summed E-state index contributed by atoms with van der Waals surface area (Å²) in [7, 11) is 1.58. The summed E-state index contributed by atoms with van der Waals surface area (Å²) < 4.78 is 5.16. The highest BCUT2D eigenvalue weighted by atomic mass is 16.5. The fourth-order valence-electron chi connectivity index (χ4n) is 3.88. The predicted octanol–water partition coefficient (Wildman–Crippen LogP) is 1.35. The smallest absolute Gasteiger partial charge is 0.324 e. The van der Waals surface area contributed by atoms with Gasteiger partial charge in [-0.25, -0.2) is 0 Å². The second-order valence-corrected chi connectivity index (χ2v) is 6.07. The van der Waals surface area contributed by atoms with E-state index < -0.39 is 23.4 Å². The number of ether oxygens (including phenoxy) is 1. The maximum atomic E-state index is 11.8. The van der Waals surface area contributed by atoms with Gasteiger partial charge in [-0.1, -0.05) is 12.1 Å². The van der Waals surface area contributed by atoms with E-state index >= 15 is 0 Å². The SMILES string of the molecule is COc1cccc(CNC2(C(=O)O)CCC3C(C(=O)O)C32)c1. The first-order chi connectivity index (χ1) is 10.5. The van der Waals surface area contributed by atoms with E-state index in [1.165, 1.54) is 0 Å². The van der Waals surface area contributed by atoms with Gasteiger partial charge in [-0.2, -0.15) is 0 Å². The van der Waals surface area contributed by atoms with Gasteiger partial charge in [0.2, 0.25) is 0 Å². The van der Waals surface area contributed by atoms with E-state index in [9.17, 15) is 19.8 Å². The van der Waals surface area contributed by atoms with Gasteiger partial charge in [0.25, 0.3) is 0 Å². The van der Waals surface area contributed by atoms with Crippen LogP contribution in [-0.4, -0.2) is 34.8 Å². The highest BCUT2D eigenvalue weighted by Crippen LogP contribution is 2.62. The van der Waals surface area contributed by atoms with Crippen molar-refractivity contribution in [2.45, 2.75) is 24.9 Å². The Morgan fingerprint density at radius 1 is 1.41 bits per heavy atom. The van der Waals surface area contributed by atoms with Crippen molar-refractivity contribution in [2.75, 3.05) is 7.11 Å². The third-order valence-electron chi connectivity index (χ3n) is 5.02. The van der Waals surface area contributed by atoms with E-state index in [2.05, 4.69) is 5.32 Å². The number of carbonyl (C=O) groups is 2. The molecule has 1 aromatic carbocycles. The van der Waals surface area contributed by atoms with Crippen LogP contribution in [0.4, 0.5) is 0 Å². The average molecular weight is 305 g/mol. The first-order valence-electron chi connectivity index (χ1n) is 7.34. The highest BCUT2D eigenvalue weighted by molar-refractivity contribution is 5.85. The maximum absolute atomic E-state index is 11.8. The molecule has 0 radical (unpaired) electrons. The van der Waals surface area contributed by atoms with Crippen LogP contribution >= 0.6 is 0 Å². The Hall–Kier alpha value is -2.08. The van der Waals surface area contributed by atoms with Crippen molar-refractivity contribution < 1.29 is 24.5 Å². The second kappa shape index (κ2) is 5.28. The monoisotopic (exact) mass is 305 g/mol. The van der Waals surface area contributed by atoms with Gasteiger partial charge in [0.05, 0.1) is 13.0 Å². The van der Waals surface area contributed by atoms with Crippen molar-refractivity contribution in [1.82, 2.24) is 5.32 Å². The minimum atomic E-state index is -1.13. The van der Waals surface area contributed by atoms with Crippen LogP contribution in [0.25, 0.3) is 0 Å². The minimum absolute atomic E-state index is 0.00795. The van der Waals surface area contributed by atoms with Crippen LogP contribution in [0.5, 0.6) is 5.75 Å². The van der Waals surface area contributed by atoms with E-state index in [1.54, 1.807) is 7.11 Å². The summed E-state index contributed by atoms with van der Waals surface area (Å²) in [5.74, 6) is -1.97. The molecule has 2 aliphatic rings. The topological polar surface area (TPSA) is 95.9 Å². The molecule has 0 saturated heterocycles. The third kappa shape index (κ3) is 2.23. The zero-order valence-electron chi connectivity index (χ0n) is 12.3. The van der Waals surface area contributed by atoms with Crippen LogP contribution in [0.15, 0.2) is 24.3 Å². The van der Waals surface area contributed by atoms with Gasteiger partial charge in [0.1, 0.15) is 11.3 Å². The molecule has 0 aromatic heterocycles. The Labute approximate surface area is 128 Å². The molecule has 0 bridgehead atoms. The summed E-state index contributed by atoms with van der Waals surface area (Å²) in [6.07, 6.45) is 1.13. The second-order valence-electron chi connectivity index (χ2n) is 6.07. The van der Waals surface area contributed by atoms with Crippen molar-refractivity contribution in [3.05, 3.63) is 29.8 Å². The first-order valence-corrected chi connectivity index (χ1v) is 7.34. The maximum Gasteiger partial charge on any atom is 0.324 e. The Kier molecular flexibility index (Phi) is 3.56. The number of methoxy groups -OCH3 is 1. The molecule has 3 N–H and O–H groups in total. The lowest BCUT2D eigenvalue weighted by molar-refractivity contribution is -0.147. The standard InChI is InChI=1S/C16H19NO5/c1-22-10-4-2-3-9(7-10)8-17-16(15(20)21)6-5-11-12(13(11)16)14(18)19/h2-4,7,11-13,17H,5-6,8H2,1H3,(H,18,19)(H,20,21). The molecular weight excluding hydrogens is 286 g/mol. The molecule has 2 fully saturated rings. The van der Waals surface area contributed by atoms with Gasteiger partial charge in [-0.05, 0) is 36.5 Å². The molecule has 4 unspecified atom stereocenters. The first kappa shape index (κ1) is 14.8. The molecule has 3 rings (SSSR count). The van der Waals surface area contributed by atoms with Crippen LogP contribution < -0.4 is 10.1 Å². The number of benzene rings is 1. The number of fused-ring (bicyclic) bond motifs is 1. The number of carboxylic acids is 2. The summed E-state index contributed by atoms with van der Waals surface area (Å²) in [5.41, 5.74) is -0.215. The zero-order chi connectivity index (χ0) is 15.9. The summed E-state index contributed by atoms with van der Waals surface area (Å²) >= 11 is 0. The van der Waals surface area contributed by atoms with Crippen molar-refractivity contribution in [2.24, 2.45) is 17.8 Å². The van der Waals surface area contributed by atoms with Crippen LogP contribution in [0.1, 0.15) is 18.4 Å². The summed E-state index contributed by atoms with van der Waals surface area (Å²) in [6, 6.07) is 7.40. The number of hydrogen-bond donors (Lipinski definition) is 3. The normalized spacial score (nSPS) is 32.3. The molecule has 4 atom stereocenters. The van der Waals surface area contributed by atoms with Gasteiger partial charge in [-0.15, -0.1) is 0 Å². The Morgan fingerprint density at radius 2 is 2.18 bits per heavy atom. The van der Waals surface area contributed by atoms with Gasteiger partial charge in [-0.3, -0.25) is 14.9 Å². The van der Waals surface area contributed by atoms with Crippen molar-refractivity contribution in [3.63, 3.8) is 0 Å². The molecule has 1 aromatic rings. The lowest BCUT2D eigenvalue weighted by atomic mass is 9.90. The van der Waals surface area contributed by atoms with Crippen LogP contribution in [0, 0.1) is 17.8 Å². The third-order valence-corrected chi connectivity index (χ3v) is 5.02. The van der Waals surface area contributed by atoms with Crippen LogP contribution in [0.2, 0.25) is 0 Å². The number of rotatable bonds is 6. The van der Waals surface area contributed by atoms with Crippen LogP contribution in [-0.2, 0) is 16.1 Å². The lowest BCUT2D eigenvalue weighted by Crippen LogP contribution is -2.53. The molecule has 22 heavy (non-hydrogen) atoms. The fourth-order valence-corrected chi connectivity index (χ4v) is 3.88. The molecule has 2 aliphatic carbocycles. The van der Waals surface area contributed by atoms with Crippen molar-refractivity contribution in [3.8, 4) is 5.75 Å². The molecule has 0 spiro atoms. The molecule has 0 amide bonds. The van der Waals surface area contributed by atoms with E-state index in [-0.39, 0.29) is 11.8 Å². The van der Waals surface area contributed by atoms with Crippen molar-refractivity contribution in [1.29, 1.82) is 0 Å². The fraction of sp³-hybridized carbons (Fsp3) is 0.500. The summed E-state index contributed by atoms with van der Waals surface area (Å²) in [4.78, 5) is 23.0. The van der Waals surface area contributed by atoms with Crippen molar-refractivity contribution >= 4 is 11.9 Å². The van der Waals surface area contributed by atoms with Crippen LogP contribution in [0.3, 0.4) is 0 Å². The van der Waals surface area contributed by atoms with Gasteiger partial charge < -0.3 is 14.9 Å². The molecule has 118 valence electrons. The Bertz CT molecular complexity index is 616. The van der Waals surface area contributed by atoms with Gasteiger partial charge >= 0.3 is 11.9 Å². The highest BCUT2D eigenvalue weighted by Gasteiger charge is 2.71. The average Bonchev–Trinajstić information content (AvgIpc) is 3.12. The van der Waals surface area contributed by atoms with E-state index in [0.717, 1.165) is 5.56 Å². The largest absolute Gasteiger partial charge is 0.497 e. The van der Waals surface area contributed by atoms with Gasteiger partial charge in [0.15, 0.2) is 0 Å². The molecule has 0 aliphatic heterocycles. The zero-order valence-corrected chi connectivity index (χ0v) is 12.3. The van der Waals surface area contributed by atoms with E-state index in [4.69, 9.17) is 4.74 Å². The number of hydrogen-bond acceptors (Lipinski definition) is 4. The predicted molar refractivity (Wildman–Crippen MR) is 77.5 cm³/mol. The number of nitrogens with one attached hydrogen (secondary N) is 1. The number of carboxylic acid groups (broad SMARTS) is 2. The summed E-state index contributed by atoms with van der Waals surface area (Å²) in [5, 5.41) is 22.0. The Morgan fingerprint density at radius 3 is 2.77 bits per heavy atom. The number of aliphatic carboxylic acids is 2. The Balaban J connectivity index is 1.76. The van der Waals surface area contributed by atoms with E-state index in [1.807, 2.05) is 24.3 Å². The minimum Gasteiger partial charge on any atom is -0.497 e. The molecule has 2 saturated carbocycles. The molecule has 0 heterocycles. The molecule has 6 heteroatoms.